The maximum atomic E-state index is 10.7. The summed E-state index contributed by atoms with van der Waals surface area (Å²) < 4.78 is 0. The van der Waals surface area contributed by atoms with Gasteiger partial charge in [0, 0.05) is 36.9 Å². The van der Waals surface area contributed by atoms with Crippen LogP contribution in [0.2, 0.25) is 0 Å². The highest BCUT2D eigenvalue weighted by atomic mass is 16.1. The second-order valence-corrected chi connectivity index (χ2v) is 4.94. The fraction of sp³-hybridized carbons (Fsp3) is 0.500. The molecule has 0 amide bonds. The first kappa shape index (κ1) is 12.1. The fourth-order valence-electron chi connectivity index (χ4n) is 2.37. The van der Waals surface area contributed by atoms with Gasteiger partial charge in [0.15, 0.2) is 0 Å². The predicted molar refractivity (Wildman–Crippen MR) is 70.9 cm³/mol. The normalized spacial score (nSPS) is 21.6. The molecule has 1 atom stereocenters. The SMILES string of the molecule is Cc1cc(C=O)ccc1N1CCN(C)C(C)C1. The molecule has 3 nitrogen and oxygen atoms in total. The Morgan fingerprint density at radius 2 is 2.12 bits per heavy atom. The first-order valence-electron chi connectivity index (χ1n) is 6.13. The zero-order valence-corrected chi connectivity index (χ0v) is 10.8. The summed E-state index contributed by atoms with van der Waals surface area (Å²) in [5.41, 5.74) is 3.20. The second kappa shape index (κ2) is 4.88. The quantitative estimate of drug-likeness (QED) is 0.728. The lowest BCUT2D eigenvalue weighted by molar-refractivity contribution is 0.112. The first-order valence-corrected chi connectivity index (χ1v) is 6.13. The molecule has 1 fully saturated rings. The van der Waals surface area contributed by atoms with E-state index in [1.54, 1.807) is 0 Å². The standard InChI is InChI=1S/C14H20N2O/c1-11-8-13(10-17)4-5-14(11)16-7-6-15(3)12(2)9-16/h4-5,8,10,12H,6-7,9H2,1-3H3. The summed E-state index contributed by atoms with van der Waals surface area (Å²) in [6.45, 7) is 7.53. The highest BCUT2D eigenvalue weighted by Gasteiger charge is 2.21. The van der Waals surface area contributed by atoms with E-state index in [2.05, 4.69) is 36.8 Å². The van der Waals surface area contributed by atoms with Crippen molar-refractivity contribution in [3.63, 3.8) is 0 Å². The number of nitrogens with zero attached hydrogens (tertiary/aromatic N) is 2. The number of aryl methyl sites for hydroxylation is 1. The highest BCUT2D eigenvalue weighted by Crippen LogP contribution is 2.23. The van der Waals surface area contributed by atoms with E-state index in [0.29, 0.717) is 6.04 Å². The van der Waals surface area contributed by atoms with Crippen molar-refractivity contribution in [2.24, 2.45) is 0 Å². The number of benzene rings is 1. The van der Waals surface area contributed by atoms with Gasteiger partial charge in [0.1, 0.15) is 6.29 Å². The number of rotatable bonds is 2. The van der Waals surface area contributed by atoms with Gasteiger partial charge in [-0.2, -0.15) is 0 Å². The third-order valence-corrected chi connectivity index (χ3v) is 3.66. The Kier molecular flexibility index (Phi) is 3.48. The van der Waals surface area contributed by atoms with Crippen LogP contribution in [0.5, 0.6) is 0 Å². The molecule has 17 heavy (non-hydrogen) atoms. The average Bonchev–Trinajstić information content (AvgIpc) is 2.32. The number of aldehydes is 1. The van der Waals surface area contributed by atoms with Crippen LogP contribution in [0.1, 0.15) is 22.8 Å². The van der Waals surface area contributed by atoms with Crippen LogP contribution < -0.4 is 4.90 Å². The average molecular weight is 232 g/mol. The van der Waals surface area contributed by atoms with Crippen LogP contribution in [0.25, 0.3) is 0 Å². The van der Waals surface area contributed by atoms with E-state index in [1.165, 1.54) is 11.3 Å². The molecule has 1 aromatic carbocycles. The molecule has 1 aliphatic heterocycles. The Morgan fingerprint density at radius 3 is 2.71 bits per heavy atom. The Labute approximate surface area is 103 Å². The second-order valence-electron chi connectivity index (χ2n) is 4.94. The minimum absolute atomic E-state index is 0.578. The van der Waals surface area contributed by atoms with Crippen LogP contribution in [-0.4, -0.2) is 43.9 Å². The zero-order valence-electron chi connectivity index (χ0n) is 10.8. The number of anilines is 1. The zero-order chi connectivity index (χ0) is 12.4. The third-order valence-electron chi connectivity index (χ3n) is 3.66. The number of piperazine rings is 1. The lowest BCUT2D eigenvalue weighted by atomic mass is 10.1. The van der Waals surface area contributed by atoms with Crippen molar-refractivity contribution in [1.29, 1.82) is 0 Å². The van der Waals surface area contributed by atoms with Gasteiger partial charge in [0.25, 0.3) is 0 Å². The van der Waals surface area contributed by atoms with Gasteiger partial charge in [-0.3, -0.25) is 4.79 Å². The van der Waals surface area contributed by atoms with E-state index in [-0.39, 0.29) is 0 Å². The minimum Gasteiger partial charge on any atom is -0.368 e. The van der Waals surface area contributed by atoms with Crippen molar-refractivity contribution in [3.05, 3.63) is 29.3 Å². The Bertz CT molecular complexity index is 417. The van der Waals surface area contributed by atoms with Gasteiger partial charge < -0.3 is 9.80 Å². The molecule has 3 heteroatoms. The van der Waals surface area contributed by atoms with E-state index in [4.69, 9.17) is 0 Å². The smallest absolute Gasteiger partial charge is 0.150 e. The molecule has 0 radical (unpaired) electrons. The summed E-state index contributed by atoms with van der Waals surface area (Å²) in [6, 6.07) is 6.51. The van der Waals surface area contributed by atoms with E-state index >= 15 is 0 Å². The molecule has 0 spiro atoms. The van der Waals surface area contributed by atoms with E-state index in [9.17, 15) is 4.79 Å². The van der Waals surface area contributed by atoms with Gasteiger partial charge in [0.2, 0.25) is 0 Å². The lowest BCUT2D eigenvalue weighted by Gasteiger charge is -2.39. The van der Waals surface area contributed by atoms with Crippen molar-refractivity contribution in [1.82, 2.24) is 4.90 Å². The molecule has 1 saturated heterocycles. The molecule has 1 heterocycles. The van der Waals surface area contributed by atoms with Crippen molar-refractivity contribution in [3.8, 4) is 0 Å². The van der Waals surface area contributed by atoms with Gasteiger partial charge in [-0.05, 0) is 44.7 Å². The molecule has 0 saturated carbocycles. The largest absolute Gasteiger partial charge is 0.368 e. The molecule has 0 bridgehead atoms. The Morgan fingerprint density at radius 1 is 1.35 bits per heavy atom. The van der Waals surface area contributed by atoms with E-state index in [1.807, 2.05) is 12.1 Å². The summed E-state index contributed by atoms with van der Waals surface area (Å²) in [6.07, 6.45) is 0.906. The number of carbonyl (C=O) groups is 1. The van der Waals surface area contributed by atoms with E-state index in [0.717, 1.165) is 31.5 Å². The van der Waals surface area contributed by atoms with Crippen molar-refractivity contribution in [2.45, 2.75) is 19.9 Å². The highest BCUT2D eigenvalue weighted by molar-refractivity contribution is 5.77. The summed E-state index contributed by atoms with van der Waals surface area (Å²) in [7, 11) is 2.17. The van der Waals surface area contributed by atoms with Gasteiger partial charge in [-0.1, -0.05) is 0 Å². The minimum atomic E-state index is 0.578. The van der Waals surface area contributed by atoms with Crippen LogP contribution in [0.15, 0.2) is 18.2 Å². The Hall–Kier alpha value is -1.35. The molecule has 92 valence electrons. The number of likely N-dealkylation sites (N-methyl/N-ethyl adjacent to an activating group) is 1. The van der Waals surface area contributed by atoms with Crippen LogP contribution in [-0.2, 0) is 0 Å². The Balaban J connectivity index is 2.20. The summed E-state index contributed by atoms with van der Waals surface area (Å²) in [4.78, 5) is 15.5. The molecule has 1 aliphatic rings. The van der Waals surface area contributed by atoms with Crippen molar-refractivity contribution < 1.29 is 4.79 Å². The summed E-state index contributed by atoms with van der Waals surface area (Å²) in [5.74, 6) is 0. The topological polar surface area (TPSA) is 23.6 Å². The van der Waals surface area contributed by atoms with Crippen LogP contribution in [0, 0.1) is 6.92 Å². The fourth-order valence-corrected chi connectivity index (χ4v) is 2.37. The maximum absolute atomic E-state index is 10.7. The molecule has 1 unspecified atom stereocenters. The van der Waals surface area contributed by atoms with Crippen LogP contribution in [0.3, 0.4) is 0 Å². The van der Waals surface area contributed by atoms with Crippen molar-refractivity contribution >= 4 is 12.0 Å². The monoisotopic (exact) mass is 232 g/mol. The summed E-state index contributed by atoms with van der Waals surface area (Å²) >= 11 is 0. The molecule has 2 rings (SSSR count). The third kappa shape index (κ3) is 2.50. The molecule has 1 aromatic rings. The molecule has 0 aliphatic carbocycles. The van der Waals surface area contributed by atoms with Gasteiger partial charge >= 0.3 is 0 Å². The number of carbonyl (C=O) groups excluding carboxylic acids is 1. The number of hydrogen-bond donors (Lipinski definition) is 0. The van der Waals surface area contributed by atoms with Crippen LogP contribution in [0.4, 0.5) is 5.69 Å². The molecular formula is C14H20N2O. The van der Waals surface area contributed by atoms with Gasteiger partial charge in [-0.25, -0.2) is 0 Å². The van der Waals surface area contributed by atoms with Gasteiger partial charge in [-0.15, -0.1) is 0 Å². The summed E-state index contributed by atoms with van der Waals surface area (Å²) in [5, 5.41) is 0. The maximum Gasteiger partial charge on any atom is 0.150 e. The lowest BCUT2D eigenvalue weighted by Crippen LogP contribution is -2.50. The molecular weight excluding hydrogens is 212 g/mol. The van der Waals surface area contributed by atoms with E-state index < -0.39 is 0 Å². The van der Waals surface area contributed by atoms with Crippen LogP contribution >= 0.6 is 0 Å². The molecule has 0 N–H and O–H groups in total. The number of hydrogen-bond acceptors (Lipinski definition) is 3. The van der Waals surface area contributed by atoms with Crippen molar-refractivity contribution in [2.75, 3.05) is 31.6 Å². The predicted octanol–water partition coefficient (Wildman–Crippen LogP) is 1.95. The first-order chi connectivity index (χ1) is 8.11. The molecule has 0 aromatic heterocycles. The van der Waals surface area contributed by atoms with Gasteiger partial charge in [0.05, 0.1) is 0 Å².